The van der Waals surface area contributed by atoms with Crippen LogP contribution < -0.4 is 0 Å². The van der Waals surface area contributed by atoms with E-state index in [0.29, 0.717) is 11.2 Å². The highest BCUT2D eigenvalue weighted by Crippen LogP contribution is 2.39. The van der Waals surface area contributed by atoms with Crippen molar-refractivity contribution in [3.05, 3.63) is 59.3 Å². The molecule has 1 aromatic carbocycles. The van der Waals surface area contributed by atoms with Crippen molar-refractivity contribution < 1.29 is 13.9 Å². The largest absolute Gasteiger partial charge is 0.462 e. The summed E-state index contributed by atoms with van der Waals surface area (Å²) in [6.45, 7) is 6.11. The van der Waals surface area contributed by atoms with Gasteiger partial charge in [-0.2, -0.15) is 0 Å². The number of piperidine rings is 1. The Kier molecular flexibility index (Phi) is 5.11. The molecular formula is C21H27FN2O2. The summed E-state index contributed by atoms with van der Waals surface area (Å²) in [6.07, 6.45) is 3.73. The monoisotopic (exact) mass is 358 g/mol. The van der Waals surface area contributed by atoms with Gasteiger partial charge in [-0.3, -0.25) is 9.80 Å². The maximum absolute atomic E-state index is 13.1. The fourth-order valence-corrected chi connectivity index (χ4v) is 4.60. The first-order valence-electron chi connectivity index (χ1n) is 9.52. The fourth-order valence-electron chi connectivity index (χ4n) is 4.60. The number of rotatable bonds is 5. The van der Waals surface area contributed by atoms with Crippen molar-refractivity contribution in [3.63, 3.8) is 0 Å². The number of likely N-dealkylation sites (tertiary alicyclic amines) is 2. The van der Waals surface area contributed by atoms with Gasteiger partial charge in [0.05, 0.1) is 6.54 Å². The lowest BCUT2D eigenvalue weighted by Gasteiger charge is -2.40. The summed E-state index contributed by atoms with van der Waals surface area (Å²) < 4.78 is 18.8. The van der Waals surface area contributed by atoms with Crippen LogP contribution in [0.25, 0.3) is 0 Å². The Balaban J connectivity index is 1.35. The minimum atomic E-state index is -0.169. The first kappa shape index (κ1) is 17.7. The van der Waals surface area contributed by atoms with Crippen molar-refractivity contribution in [2.45, 2.75) is 39.0 Å². The number of furan rings is 1. The lowest BCUT2D eigenvalue weighted by atomic mass is 9.79. The van der Waals surface area contributed by atoms with Crippen LogP contribution in [0.2, 0.25) is 0 Å². The first-order valence-corrected chi connectivity index (χ1v) is 9.52. The topological polar surface area (TPSA) is 39.9 Å². The van der Waals surface area contributed by atoms with Crippen molar-refractivity contribution in [2.75, 3.05) is 26.2 Å². The smallest absolute Gasteiger partial charge is 0.129 e. The molecule has 4 rings (SSSR count). The predicted octanol–water partition coefficient (Wildman–Crippen LogP) is 3.40. The Morgan fingerprint density at radius 1 is 0.923 bits per heavy atom. The van der Waals surface area contributed by atoms with Crippen molar-refractivity contribution in [3.8, 4) is 0 Å². The number of halogens is 1. The Labute approximate surface area is 154 Å². The Bertz CT molecular complexity index is 730. The van der Waals surface area contributed by atoms with E-state index in [1.807, 2.05) is 24.3 Å². The number of hydrogen-bond acceptors (Lipinski definition) is 4. The van der Waals surface area contributed by atoms with Crippen molar-refractivity contribution in [1.29, 1.82) is 0 Å². The minimum absolute atomic E-state index is 0.0394. The highest BCUT2D eigenvalue weighted by molar-refractivity contribution is 5.16. The molecule has 26 heavy (non-hydrogen) atoms. The van der Waals surface area contributed by atoms with E-state index >= 15 is 0 Å². The molecule has 140 valence electrons. The predicted molar refractivity (Wildman–Crippen MR) is 97.9 cm³/mol. The van der Waals surface area contributed by atoms with Gasteiger partial charge < -0.3 is 9.52 Å². The number of hydrogen-bond donors (Lipinski definition) is 1. The third kappa shape index (κ3) is 4.00. The maximum Gasteiger partial charge on any atom is 0.129 e. The molecule has 2 aliphatic rings. The summed E-state index contributed by atoms with van der Waals surface area (Å²) in [5.74, 6) is 1.40. The van der Waals surface area contributed by atoms with Crippen LogP contribution in [0.3, 0.4) is 0 Å². The summed E-state index contributed by atoms with van der Waals surface area (Å²) in [6, 6.07) is 10.7. The van der Waals surface area contributed by atoms with Crippen LogP contribution in [0.4, 0.5) is 4.39 Å². The molecule has 2 aliphatic heterocycles. The van der Waals surface area contributed by atoms with Gasteiger partial charge in [0.25, 0.3) is 0 Å². The normalized spacial score (nSPS) is 24.5. The number of aliphatic hydroxyl groups is 1. The van der Waals surface area contributed by atoms with Gasteiger partial charge in [0.15, 0.2) is 0 Å². The first-order chi connectivity index (χ1) is 12.6. The average molecular weight is 358 g/mol. The van der Waals surface area contributed by atoms with Gasteiger partial charge in [-0.1, -0.05) is 12.1 Å². The Morgan fingerprint density at radius 2 is 1.65 bits per heavy atom. The van der Waals surface area contributed by atoms with Crippen LogP contribution in [-0.2, 0) is 19.7 Å². The number of aliphatic hydroxyl groups excluding tert-OH is 1. The molecule has 0 bridgehead atoms. The summed E-state index contributed by atoms with van der Waals surface area (Å²) in [4.78, 5) is 5.00. The van der Waals surface area contributed by atoms with E-state index in [2.05, 4.69) is 9.80 Å². The van der Waals surface area contributed by atoms with Crippen molar-refractivity contribution in [2.24, 2.45) is 5.41 Å². The van der Waals surface area contributed by atoms with Crippen LogP contribution in [0.15, 0.2) is 40.8 Å². The molecule has 1 aromatic heterocycles. The van der Waals surface area contributed by atoms with Gasteiger partial charge in [-0.05, 0) is 67.6 Å². The molecule has 2 saturated heterocycles. The molecule has 0 amide bonds. The quantitative estimate of drug-likeness (QED) is 0.889. The average Bonchev–Trinajstić information content (AvgIpc) is 3.25. The zero-order valence-corrected chi connectivity index (χ0v) is 15.2. The third-order valence-corrected chi connectivity index (χ3v) is 5.83. The van der Waals surface area contributed by atoms with E-state index < -0.39 is 0 Å². The van der Waals surface area contributed by atoms with E-state index in [1.54, 1.807) is 12.1 Å². The highest BCUT2D eigenvalue weighted by atomic mass is 19.1. The van der Waals surface area contributed by atoms with Crippen molar-refractivity contribution >= 4 is 0 Å². The number of nitrogens with zero attached hydrogens (tertiary/aromatic N) is 2. The molecule has 0 saturated carbocycles. The summed E-state index contributed by atoms with van der Waals surface area (Å²) in [5, 5.41) is 9.14. The molecule has 1 atom stereocenters. The molecule has 2 aromatic rings. The molecular weight excluding hydrogens is 331 g/mol. The van der Waals surface area contributed by atoms with Crippen LogP contribution in [-0.4, -0.2) is 41.1 Å². The van der Waals surface area contributed by atoms with Crippen molar-refractivity contribution in [1.82, 2.24) is 9.80 Å². The Morgan fingerprint density at radius 3 is 2.38 bits per heavy atom. The van der Waals surface area contributed by atoms with Gasteiger partial charge in [0.1, 0.15) is 23.9 Å². The number of benzene rings is 1. The summed E-state index contributed by atoms with van der Waals surface area (Å²) in [5.41, 5.74) is 1.55. The SMILES string of the molecule is OCc1ccc(CN2CC[C@]3(CCCN(Cc4ccc(F)cc4)C3)C2)o1. The second kappa shape index (κ2) is 7.51. The highest BCUT2D eigenvalue weighted by Gasteiger charge is 2.41. The van der Waals surface area contributed by atoms with E-state index in [0.717, 1.165) is 45.0 Å². The molecule has 5 heteroatoms. The molecule has 2 fully saturated rings. The zero-order valence-electron chi connectivity index (χ0n) is 15.2. The van der Waals surface area contributed by atoms with Crippen LogP contribution in [0, 0.1) is 11.2 Å². The second-order valence-corrected chi connectivity index (χ2v) is 7.93. The van der Waals surface area contributed by atoms with Gasteiger partial charge in [0.2, 0.25) is 0 Å². The molecule has 1 N–H and O–H groups in total. The van der Waals surface area contributed by atoms with E-state index in [-0.39, 0.29) is 12.4 Å². The molecule has 0 unspecified atom stereocenters. The molecule has 0 aliphatic carbocycles. The third-order valence-electron chi connectivity index (χ3n) is 5.83. The second-order valence-electron chi connectivity index (χ2n) is 7.93. The zero-order chi connectivity index (χ0) is 18.0. The van der Waals surface area contributed by atoms with Crippen LogP contribution in [0.5, 0.6) is 0 Å². The van der Waals surface area contributed by atoms with Crippen LogP contribution in [0.1, 0.15) is 36.3 Å². The van der Waals surface area contributed by atoms with Crippen LogP contribution >= 0.6 is 0 Å². The molecule has 1 spiro atoms. The van der Waals surface area contributed by atoms with E-state index in [1.165, 1.54) is 24.8 Å². The van der Waals surface area contributed by atoms with Gasteiger partial charge in [-0.25, -0.2) is 4.39 Å². The lowest BCUT2D eigenvalue weighted by Crippen LogP contribution is -2.44. The Hall–Kier alpha value is -1.69. The van der Waals surface area contributed by atoms with Gasteiger partial charge >= 0.3 is 0 Å². The molecule has 3 heterocycles. The molecule has 4 nitrogen and oxygen atoms in total. The van der Waals surface area contributed by atoms with Gasteiger partial charge in [-0.15, -0.1) is 0 Å². The minimum Gasteiger partial charge on any atom is -0.462 e. The van der Waals surface area contributed by atoms with Gasteiger partial charge in [0, 0.05) is 19.6 Å². The van der Waals surface area contributed by atoms with E-state index in [4.69, 9.17) is 9.52 Å². The lowest BCUT2D eigenvalue weighted by molar-refractivity contribution is 0.0856. The summed E-state index contributed by atoms with van der Waals surface area (Å²) >= 11 is 0. The molecule has 0 radical (unpaired) electrons. The maximum atomic E-state index is 13.1. The standard InChI is InChI=1S/C21H27FN2O2/c22-18-4-2-17(3-5-18)12-23-10-1-8-21(15-23)9-11-24(16-21)13-19-6-7-20(14-25)26-19/h2-7,25H,1,8-16H2/t21-/m0/s1. The van der Waals surface area contributed by atoms with E-state index in [9.17, 15) is 4.39 Å². The summed E-state index contributed by atoms with van der Waals surface area (Å²) in [7, 11) is 0. The fraction of sp³-hybridized carbons (Fsp3) is 0.524.